The average Bonchev–Trinajstić information content (AvgIpc) is 2.56. The Hall–Kier alpha value is -0.820. The van der Waals surface area contributed by atoms with E-state index in [4.69, 9.17) is 0 Å². The third kappa shape index (κ3) is 5.64. The summed E-state index contributed by atoms with van der Waals surface area (Å²) in [7, 11) is 0. The summed E-state index contributed by atoms with van der Waals surface area (Å²) in [6.07, 6.45) is 5.42. The van der Waals surface area contributed by atoms with E-state index in [0.717, 1.165) is 11.8 Å². The Balaban J connectivity index is 2.23. The van der Waals surface area contributed by atoms with E-state index in [1.165, 1.54) is 61.9 Å². The van der Waals surface area contributed by atoms with E-state index in [1.54, 1.807) is 0 Å². The van der Waals surface area contributed by atoms with E-state index < -0.39 is 0 Å². The molecule has 3 unspecified atom stereocenters. The molecule has 1 nitrogen and oxygen atoms in total. The lowest BCUT2D eigenvalue weighted by molar-refractivity contribution is -0.945. The van der Waals surface area contributed by atoms with Crippen molar-refractivity contribution in [1.82, 2.24) is 0 Å². The van der Waals surface area contributed by atoms with E-state index in [9.17, 15) is 0 Å². The highest BCUT2D eigenvalue weighted by molar-refractivity contribution is 5.13. The Labute approximate surface area is 144 Å². The molecule has 3 atom stereocenters. The molecule has 23 heavy (non-hydrogen) atoms. The van der Waals surface area contributed by atoms with Gasteiger partial charge in [0, 0.05) is 23.8 Å². The molecule has 1 aliphatic rings. The summed E-state index contributed by atoms with van der Waals surface area (Å²) in [5.74, 6) is 1.65. The fourth-order valence-electron chi connectivity index (χ4n) is 4.99. The normalized spacial score (nSPS) is 29.0. The van der Waals surface area contributed by atoms with Crippen LogP contribution in [0.2, 0.25) is 0 Å². The molecule has 1 aliphatic heterocycles. The molecular formula is C22H38N+. The molecule has 0 bridgehead atoms. The van der Waals surface area contributed by atoms with Crippen molar-refractivity contribution < 1.29 is 4.48 Å². The molecule has 0 spiro atoms. The summed E-state index contributed by atoms with van der Waals surface area (Å²) in [6, 6.07) is 11.2. The monoisotopic (exact) mass is 316 g/mol. The van der Waals surface area contributed by atoms with Gasteiger partial charge in [0.2, 0.25) is 0 Å². The second-order valence-corrected chi connectivity index (χ2v) is 9.19. The maximum atomic E-state index is 2.48. The second kappa shape index (κ2) is 7.83. The third-order valence-corrected chi connectivity index (χ3v) is 5.70. The largest absolute Gasteiger partial charge is 0.319 e. The predicted octanol–water partition coefficient (Wildman–Crippen LogP) is 5.90. The van der Waals surface area contributed by atoms with E-state index in [1.807, 2.05) is 0 Å². The number of quaternary nitrogens is 1. The molecule has 1 aromatic rings. The van der Waals surface area contributed by atoms with Gasteiger partial charge in [-0.2, -0.15) is 0 Å². The molecule has 1 heterocycles. The van der Waals surface area contributed by atoms with Crippen molar-refractivity contribution in [3.8, 4) is 0 Å². The second-order valence-electron chi connectivity index (χ2n) is 9.19. The Morgan fingerprint density at radius 1 is 1.22 bits per heavy atom. The summed E-state index contributed by atoms with van der Waals surface area (Å²) in [5, 5.41) is 0. The summed E-state index contributed by atoms with van der Waals surface area (Å²) >= 11 is 0. The van der Waals surface area contributed by atoms with Crippen LogP contribution in [0.4, 0.5) is 0 Å². The number of hydrogen-bond donors (Lipinski definition) is 0. The molecule has 1 aromatic carbocycles. The molecule has 0 radical (unpaired) electrons. The van der Waals surface area contributed by atoms with Gasteiger partial charge in [0.05, 0.1) is 19.6 Å². The average molecular weight is 317 g/mol. The zero-order chi connectivity index (χ0) is 16.9. The molecule has 1 saturated heterocycles. The van der Waals surface area contributed by atoms with Crippen LogP contribution in [0.3, 0.4) is 0 Å². The molecule has 0 aromatic heterocycles. The van der Waals surface area contributed by atoms with Crippen molar-refractivity contribution in [2.75, 3.05) is 19.6 Å². The first-order chi connectivity index (χ1) is 10.8. The minimum atomic E-state index is 0.504. The van der Waals surface area contributed by atoms with Gasteiger partial charge in [0.15, 0.2) is 0 Å². The summed E-state index contributed by atoms with van der Waals surface area (Å²) in [6.45, 7) is 17.5. The van der Waals surface area contributed by atoms with Gasteiger partial charge in [0.25, 0.3) is 0 Å². The van der Waals surface area contributed by atoms with Gasteiger partial charge >= 0.3 is 0 Å². The van der Waals surface area contributed by atoms with Gasteiger partial charge in [-0.3, -0.25) is 0 Å². The van der Waals surface area contributed by atoms with Crippen molar-refractivity contribution in [1.29, 1.82) is 0 Å². The van der Waals surface area contributed by atoms with Crippen molar-refractivity contribution in [2.24, 2.45) is 17.3 Å². The van der Waals surface area contributed by atoms with Gasteiger partial charge in [-0.15, -0.1) is 0 Å². The number of nitrogens with zero attached hydrogens (tertiary/aromatic N) is 1. The van der Waals surface area contributed by atoms with Crippen LogP contribution < -0.4 is 0 Å². The van der Waals surface area contributed by atoms with Crippen LogP contribution in [0.25, 0.3) is 0 Å². The maximum Gasteiger partial charge on any atom is 0.104 e. The van der Waals surface area contributed by atoms with Crippen LogP contribution in [0, 0.1) is 17.3 Å². The summed E-state index contributed by atoms with van der Waals surface area (Å²) in [5.41, 5.74) is 2.02. The highest BCUT2D eigenvalue weighted by Gasteiger charge is 2.38. The topological polar surface area (TPSA) is 0 Å². The van der Waals surface area contributed by atoms with Crippen LogP contribution in [-0.2, 0) is 6.54 Å². The number of hydrogen-bond acceptors (Lipinski definition) is 0. The molecule has 0 aliphatic carbocycles. The van der Waals surface area contributed by atoms with E-state index in [0.29, 0.717) is 5.41 Å². The lowest BCUT2D eigenvalue weighted by Gasteiger charge is -2.41. The first-order valence-electron chi connectivity index (χ1n) is 9.73. The SMILES string of the molecule is CCCC(C)C[N+]1(Cc2ccccc2)CCC(C)(C)CC(C)C1. The van der Waals surface area contributed by atoms with Crippen LogP contribution >= 0.6 is 0 Å². The Bertz CT molecular complexity index is 464. The molecule has 0 N–H and O–H groups in total. The highest BCUT2D eigenvalue weighted by atomic mass is 15.4. The number of benzene rings is 1. The quantitative estimate of drug-likeness (QED) is 0.573. The van der Waals surface area contributed by atoms with E-state index in [2.05, 4.69) is 65.0 Å². The first-order valence-corrected chi connectivity index (χ1v) is 9.73. The molecule has 2 rings (SSSR count). The van der Waals surface area contributed by atoms with Crippen molar-refractivity contribution in [3.05, 3.63) is 35.9 Å². The molecule has 1 heteroatoms. The zero-order valence-corrected chi connectivity index (χ0v) is 16.1. The maximum absolute atomic E-state index is 2.48. The molecule has 1 fully saturated rings. The number of rotatable bonds is 6. The van der Waals surface area contributed by atoms with Crippen molar-refractivity contribution in [3.63, 3.8) is 0 Å². The van der Waals surface area contributed by atoms with Crippen LogP contribution in [0.5, 0.6) is 0 Å². The molecule has 0 saturated carbocycles. The Kier molecular flexibility index (Phi) is 6.31. The Morgan fingerprint density at radius 3 is 2.57 bits per heavy atom. The van der Waals surface area contributed by atoms with Gasteiger partial charge < -0.3 is 4.48 Å². The lowest BCUT2D eigenvalue weighted by Crippen LogP contribution is -2.52. The highest BCUT2D eigenvalue weighted by Crippen LogP contribution is 2.37. The zero-order valence-electron chi connectivity index (χ0n) is 16.1. The fraction of sp³-hybridized carbons (Fsp3) is 0.727. The minimum Gasteiger partial charge on any atom is -0.319 e. The van der Waals surface area contributed by atoms with Gasteiger partial charge in [0.1, 0.15) is 6.54 Å². The minimum absolute atomic E-state index is 0.504. The third-order valence-electron chi connectivity index (χ3n) is 5.70. The van der Waals surface area contributed by atoms with E-state index in [-0.39, 0.29) is 0 Å². The van der Waals surface area contributed by atoms with Crippen LogP contribution in [0.1, 0.15) is 65.9 Å². The summed E-state index contributed by atoms with van der Waals surface area (Å²) < 4.78 is 1.30. The van der Waals surface area contributed by atoms with Gasteiger partial charge in [-0.25, -0.2) is 0 Å². The first kappa shape index (κ1) is 18.5. The van der Waals surface area contributed by atoms with Crippen LogP contribution in [0.15, 0.2) is 30.3 Å². The number of likely N-dealkylation sites (tertiary alicyclic amines) is 1. The van der Waals surface area contributed by atoms with Gasteiger partial charge in [-0.05, 0) is 18.3 Å². The Morgan fingerprint density at radius 2 is 1.91 bits per heavy atom. The predicted molar refractivity (Wildman–Crippen MR) is 101 cm³/mol. The van der Waals surface area contributed by atoms with E-state index >= 15 is 0 Å². The van der Waals surface area contributed by atoms with Gasteiger partial charge in [-0.1, -0.05) is 71.4 Å². The standard InChI is InChI=1S/C22H38N/c1-6-10-19(2)16-23(18-21-11-8-7-9-12-21)14-13-22(4,5)15-20(3)17-23/h7-9,11-12,19-20H,6,10,13-18H2,1-5H3/q+1. The van der Waals surface area contributed by atoms with Crippen molar-refractivity contribution in [2.45, 2.75) is 66.8 Å². The fourth-order valence-corrected chi connectivity index (χ4v) is 4.99. The molecule has 130 valence electrons. The smallest absolute Gasteiger partial charge is 0.104 e. The molecule has 0 amide bonds. The van der Waals surface area contributed by atoms with Crippen molar-refractivity contribution >= 4 is 0 Å². The molecular weight excluding hydrogens is 278 g/mol. The van der Waals surface area contributed by atoms with Crippen LogP contribution in [-0.4, -0.2) is 24.1 Å². The summed E-state index contributed by atoms with van der Waals surface area (Å²) in [4.78, 5) is 0. The lowest BCUT2D eigenvalue weighted by atomic mass is 9.82.